The predicted molar refractivity (Wildman–Crippen MR) is 54.9 cm³/mol. The van der Waals surface area contributed by atoms with Gasteiger partial charge in [-0.25, -0.2) is 0 Å². The van der Waals surface area contributed by atoms with E-state index in [1.807, 2.05) is 20.0 Å². The Labute approximate surface area is 83.4 Å². The summed E-state index contributed by atoms with van der Waals surface area (Å²) in [5, 5.41) is 8.10. The molecule has 72 valence electrons. The quantitative estimate of drug-likeness (QED) is 0.591. The number of nitrogens with zero attached hydrogens (tertiary/aromatic N) is 2. The van der Waals surface area contributed by atoms with Crippen LogP contribution in [-0.4, -0.2) is 16.3 Å². The summed E-state index contributed by atoms with van der Waals surface area (Å²) in [5.41, 5.74) is 2.04. The van der Waals surface area contributed by atoms with Gasteiger partial charge in [-0.05, 0) is 6.92 Å². The fourth-order valence-corrected chi connectivity index (χ4v) is 1.42. The van der Waals surface area contributed by atoms with Gasteiger partial charge in [-0.2, -0.15) is 5.10 Å². The first-order valence-corrected chi connectivity index (χ1v) is 4.54. The van der Waals surface area contributed by atoms with Crippen molar-refractivity contribution in [1.29, 1.82) is 0 Å². The van der Waals surface area contributed by atoms with Crippen LogP contribution in [0.25, 0.3) is 0 Å². The highest BCUT2D eigenvalue weighted by Gasteiger charge is 2.09. The highest BCUT2D eigenvalue weighted by Crippen LogP contribution is 2.17. The van der Waals surface area contributed by atoms with Gasteiger partial charge < -0.3 is 5.32 Å². The van der Waals surface area contributed by atoms with E-state index in [9.17, 15) is 0 Å². The SMILES string of the molecule is C=CCNCc1c(C)nn(C)c1Cl. The van der Waals surface area contributed by atoms with E-state index < -0.39 is 0 Å². The van der Waals surface area contributed by atoms with Crippen molar-refractivity contribution in [3.8, 4) is 0 Å². The molecule has 1 heterocycles. The van der Waals surface area contributed by atoms with E-state index in [4.69, 9.17) is 11.6 Å². The third-order valence-electron chi connectivity index (χ3n) is 1.86. The number of aryl methyl sites for hydroxylation is 2. The van der Waals surface area contributed by atoms with E-state index in [0.717, 1.165) is 24.3 Å². The Balaban J connectivity index is 2.69. The molecule has 0 aliphatic carbocycles. The fraction of sp³-hybridized carbons (Fsp3) is 0.444. The Morgan fingerprint density at radius 2 is 2.38 bits per heavy atom. The molecule has 0 saturated heterocycles. The van der Waals surface area contributed by atoms with E-state index >= 15 is 0 Å². The maximum atomic E-state index is 6.03. The molecule has 0 amide bonds. The van der Waals surface area contributed by atoms with Crippen LogP contribution in [0.15, 0.2) is 12.7 Å². The van der Waals surface area contributed by atoms with Crippen molar-refractivity contribution in [2.24, 2.45) is 7.05 Å². The smallest absolute Gasteiger partial charge is 0.131 e. The zero-order chi connectivity index (χ0) is 9.84. The lowest BCUT2D eigenvalue weighted by Crippen LogP contribution is -2.13. The molecule has 0 aliphatic heterocycles. The van der Waals surface area contributed by atoms with Crippen molar-refractivity contribution in [2.75, 3.05) is 6.54 Å². The first kappa shape index (κ1) is 10.3. The summed E-state index contributed by atoms with van der Waals surface area (Å²) in [6.45, 7) is 7.10. The molecule has 4 heteroatoms. The Kier molecular flexibility index (Phi) is 3.51. The zero-order valence-corrected chi connectivity index (χ0v) is 8.73. The molecule has 0 fully saturated rings. The van der Waals surface area contributed by atoms with Crippen LogP contribution in [0.5, 0.6) is 0 Å². The normalized spacial score (nSPS) is 10.4. The van der Waals surface area contributed by atoms with Crippen molar-refractivity contribution in [3.63, 3.8) is 0 Å². The van der Waals surface area contributed by atoms with Gasteiger partial charge in [0, 0.05) is 25.7 Å². The highest BCUT2D eigenvalue weighted by molar-refractivity contribution is 6.30. The summed E-state index contributed by atoms with van der Waals surface area (Å²) in [6.07, 6.45) is 1.82. The van der Waals surface area contributed by atoms with Crippen molar-refractivity contribution < 1.29 is 0 Å². The number of halogens is 1. The van der Waals surface area contributed by atoms with Gasteiger partial charge in [0.2, 0.25) is 0 Å². The average Bonchev–Trinajstić information content (AvgIpc) is 2.32. The molecule has 0 aliphatic rings. The summed E-state index contributed by atoms with van der Waals surface area (Å²) >= 11 is 6.03. The van der Waals surface area contributed by atoms with Crippen LogP contribution in [-0.2, 0) is 13.6 Å². The van der Waals surface area contributed by atoms with Crippen LogP contribution < -0.4 is 5.32 Å². The summed E-state index contributed by atoms with van der Waals surface area (Å²) < 4.78 is 1.68. The van der Waals surface area contributed by atoms with Gasteiger partial charge in [0.05, 0.1) is 5.69 Å². The molecule has 0 saturated carbocycles. The second-order valence-electron chi connectivity index (χ2n) is 2.90. The molecule has 0 aromatic carbocycles. The third kappa shape index (κ3) is 2.32. The van der Waals surface area contributed by atoms with Crippen LogP contribution in [0.4, 0.5) is 0 Å². The molecule has 1 rings (SSSR count). The Hall–Kier alpha value is -0.800. The molecule has 1 aromatic rings. The average molecular weight is 200 g/mol. The van der Waals surface area contributed by atoms with Gasteiger partial charge in [0.25, 0.3) is 0 Å². The summed E-state index contributed by atoms with van der Waals surface area (Å²) in [5.74, 6) is 0. The molecule has 0 unspecified atom stereocenters. The summed E-state index contributed by atoms with van der Waals surface area (Å²) in [6, 6.07) is 0. The molecule has 1 aromatic heterocycles. The minimum absolute atomic E-state index is 0.703. The van der Waals surface area contributed by atoms with Crippen molar-refractivity contribution in [3.05, 3.63) is 29.1 Å². The minimum Gasteiger partial charge on any atom is -0.309 e. The summed E-state index contributed by atoms with van der Waals surface area (Å²) in [4.78, 5) is 0. The second-order valence-corrected chi connectivity index (χ2v) is 3.26. The number of hydrogen-bond donors (Lipinski definition) is 1. The zero-order valence-electron chi connectivity index (χ0n) is 7.97. The molecule has 3 nitrogen and oxygen atoms in total. The van der Waals surface area contributed by atoms with Gasteiger partial charge in [-0.3, -0.25) is 4.68 Å². The predicted octanol–water partition coefficient (Wildman–Crippen LogP) is 1.66. The molecular weight excluding hydrogens is 186 g/mol. The van der Waals surface area contributed by atoms with Gasteiger partial charge in [-0.1, -0.05) is 17.7 Å². The van der Waals surface area contributed by atoms with E-state index in [1.54, 1.807) is 4.68 Å². The monoisotopic (exact) mass is 199 g/mol. The van der Waals surface area contributed by atoms with Crippen LogP contribution >= 0.6 is 11.6 Å². The Bertz CT molecular complexity index is 304. The molecule has 0 atom stereocenters. The van der Waals surface area contributed by atoms with Gasteiger partial charge in [0.1, 0.15) is 5.15 Å². The van der Waals surface area contributed by atoms with E-state index in [-0.39, 0.29) is 0 Å². The third-order valence-corrected chi connectivity index (χ3v) is 2.33. The van der Waals surface area contributed by atoms with Gasteiger partial charge in [-0.15, -0.1) is 6.58 Å². The number of hydrogen-bond acceptors (Lipinski definition) is 2. The highest BCUT2D eigenvalue weighted by atomic mass is 35.5. The second kappa shape index (κ2) is 4.44. The topological polar surface area (TPSA) is 29.9 Å². The van der Waals surface area contributed by atoms with Crippen molar-refractivity contribution in [2.45, 2.75) is 13.5 Å². The van der Waals surface area contributed by atoms with E-state index in [0.29, 0.717) is 5.15 Å². The van der Waals surface area contributed by atoms with Crippen molar-refractivity contribution >= 4 is 11.6 Å². The van der Waals surface area contributed by atoms with Crippen LogP contribution in [0.3, 0.4) is 0 Å². The maximum Gasteiger partial charge on any atom is 0.131 e. The largest absolute Gasteiger partial charge is 0.309 e. The fourth-order valence-electron chi connectivity index (χ4n) is 1.17. The molecule has 0 spiro atoms. The van der Waals surface area contributed by atoms with Crippen LogP contribution in [0.2, 0.25) is 5.15 Å². The number of aromatic nitrogens is 2. The lowest BCUT2D eigenvalue weighted by Gasteiger charge is -2.00. The minimum atomic E-state index is 0.703. The number of rotatable bonds is 4. The number of nitrogens with one attached hydrogen (secondary N) is 1. The lowest BCUT2D eigenvalue weighted by molar-refractivity contribution is 0.751. The molecule has 0 bridgehead atoms. The standard InChI is InChI=1S/C9H14ClN3/c1-4-5-11-6-8-7(2)12-13(3)9(8)10/h4,11H,1,5-6H2,2-3H3. The maximum absolute atomic E-state index is 6.03. The van der Waals surface area contributed by atoms with E-state index in [1.165, 1.54) is 0 Å². The molecular formula is C9H14ClN3. The molecule has 0 radical (unpaired) electrons. The summed E-state index contributed by atoms with van der Waals surface area (Å²) in [7, 11) is 1.84. The van der Waals surface area contributed by atoms with E-state index in [2.05, 4.69) is 17.0 Å². The molecule has 13 heavy (non-hydrogen) atoms. The Morgan fingerprint density at radius 3 is 2.85 bits per heavy atom. The first-order valence-electron chi connectivity index (χ1n) is 4.16. The Morgan fingerprint density at radius 1 is 1.69 bits per heavy atom. The van der Waals surface area contributed by atoms with Crippen molar-refractivity contribution in [1.82, 2.24) is 15.1 Å². The van der Waals surface area contributed by atoms with Crippen LogP contribution in [0.1, 0.15) is 11.3 Å². The first-order chi connectivity index (χ1) is 6.16. The van der Waals surface area contributed by atoms with Gasteiger partial charge >= 0.3 is 0 Å². The van der Waals surface area contributed by atoms with Crippen LogP contribution in [0, 0.1) is 6.92 Å². The van der Waals surface area contributed by atoms with Gasteiger partial charge in [0.15, 0.2) is 0 Å². The molecule has 1 N–H and O–H groups in total. The lowest BCUT2D eigenvalue weighted by atomic mass is 10.2.